The number of imidazole rings is 2. The number of nitrogens with zero attached hydrogens (tertiary/aromatic N) is 8. The van der Waals surface area contributed by atoms with E-state index < -0.39 is 10.5 Å². The molecule has 4 aromatic heterocycles. The second-order valence-electron chi connectivity index (χ2n) is 7.31. The van der Waals surface area contributed by atoms with Crippen LogP contribution in [0.15, 0.2) is 31.8 Å². The minimum Gasteiger partial charge on any atom is -0.328 e. The molecule has 17 heteroatoms. The van der Waals surface area contributed by atoms with Crippen LogP contribution in [0.1, 0.15) is 0 Å². The predicted octanol–water partition coefficient (Wildman–Crippen LogP) is 0.450. The van der Waals surface area contributed by atoms with E-state index in [0.717, 1.165) is 9.13 Å². The molecule has 0 aliphatic heterocycles. The number of halogens is 5. The standard InChI is InChI=1S/2C8H10N4O2.C2HBrClF3/c2*1-10-4-9-6-5(10)7(13)12(3)8(14)11(6)2;3-1(4)2(5,6)7/h2*4H,1-3H3;1H. The summed E-state index contributed by atoms with van der Waals surface area (Å²) < 4.78 is 39.2. The van der Waals surface area contributed by atoms with Crippen molar-refractivity contribution >= 4 is 49.9 Å². The van der Waals surface area contributed by atoms with E-state index in [9.17, 15) is 32.3 Å². The highest BCUT2D eigenvalue weighted by atomic mass is 79.9. The smallest absolute Gasteiger partial charge is 0.328 e. The van der Waals surface area contributed by atoms with E-state index in [1.54, 1.807) is 37.3 Å². The zero-order valence-electron chi connectivity index (χ0n) is 19.3. The van der Waals surface area contributed by atoms with Gasteiger partial charge < -0.3 is 9.13 Å². The molecule has 0 fully saturated rings. The summed E-state index contributed by atoms with van der Waals surface area (Å²) >= 11 is 6.68. The van der Waals surface area contributed by atoms with Gasteiger partial charge in [0.2, 0.25) is 0 Å². The molecule has 0 aliphatic rings. The number of aromatic nitrogens is 8. The molecule has 4 heterocycles. The van der Waals surface area contributed by atoms with Gasteiger partial charge in [0.15, 0.2) is 26.6 Å². The summed E-state index contributed by atoms with van der Waals surface area (Å²) in [5.74, 6) is 0. The lowest BCUT2D eigenvalue weighted by Gasteiger charge is -2.03. The average Bonchev–Trinajstić information content (AvgIpc) is 3.36. The van der Waals surface area contributed by atoms with E-state index in [-0.39, 0.29) is 22.5 Å². The Kier molecular flexibility index (Phi) is 8.21. The average molecular weight is 586 g/mol. The molecule has 12 nitrogen and oxygen atoms in total. The first-order chi connectivity index (χ1) is 16.0. The third kappa shape index (κ3) is 5.42. The molecular formula is C18H21BrClF3N8O4. The number of hydrogen-bond acceptors (Lipinski definition) is 6. The molecule has 0 saturated heterocycles. The van der Waals surface area contributed by atoms with Crippen LogP contribution in [0.3, 0.4) is 0 Å². The molecule has 1 atom stereocenters. The summed E-state index contributed by atoms with van der Waals surface area (Å²) in [4.78, 5) is 54.3. The Morgan fingerprint density at radius 2 is 1.03 bits per heavy atom. The van der Waals surface area contributed by atoms with Crippen molar-refractivity contribution in [2.24, 2.45) is 42.3 Å². The highest BCUT2D eigenvalue weighted by Gasteiger charge is 2.35. The van der Waals surface area contributed by atoms with Crippen LogP contribution >= 0.6 is 27.5 Å². The van der Waals surface area contributed by atoms with E-state index >= 15 is 0 Å². The van der Waals surface area contributed by atoms with Gasteiger partial charge in [-0.05, 0) is 0 Å². The Balaban J connectivity index is 0.000000197. The van der Waals surface area contributed by atoms with E-state index in [4.69, 9.17) is 0 Å². The second kappa shape index (κ2) is 10.2. The van der Waals surface area contributed by atoms with E-state index in [0.29, 0.717) is 22.3 Å². The number of rotatable bonds is 0. The predicted molar refractivity (Wildman–Crippen MR) is 127 cm³/mol. The first-order valence-corrected chi connectivity index (χ1v) is 10.9. The van der Waals surface area contributed by atoms with Crippen molar-refractivity contribution in [2.45, 2.75) is 10.5 Å². The Hall–Kier alpha value is -3.14. The zero-order valence-corrected chi connectivity index (χ0v) is 21.7. The lowest BCUT2D eigenvalue weighted by molar-refractivity contribution is -0.112. The van der Waals surface area contributed by atoms with Crippen molar-refractivity contribution in [3.63, 3.8) is 0 Å². The molecule has 4 rings (SSSR count). The van der Waals surface area contributed by atoms with E-state index in [1.165, 1.54) is 35.9 Å². The molecule has 0 aliphatic carbocycles. The quantitative estimate of drug-likeness (QED) is 0.276. The Bertz CT molecular complexity index is 1510. The summed E-state index contributed by atoms with van der Waals surface area (Å²) in [7, 11) is 9.55. The molecule has 1 unspecified atom stereocenters. The fraction of sp³-hybridized carbons (Fsp3) is 0.444. The minimum absolute atomic E-state index is 0.317. The van der Waals surface area contributed by atoms with Gasteiger partial charge in [-0.3, -0.25) is 27.9 Å². The molecule has 0 aromatic carbocycles. The molecule has 0 radical (unpaired) electrons. The molecule has 0 saturated carbocycles. The van der Waals surface area contributed by atoms with Gasteiger partial charge in [0, 0.05) is 42.3 Å². The third-order valence-electron chi connectivity index (χ3n) is 4.88. The van der Waals surface area contributed by atoms with Gasteiger partial charge in [0.1, 0.15) is 0 Å². The van der Waals surface area contributed by atoms with Gasteiger partial charge in [0.25, 0.3) is 11.1 Å². The topological polar surface area (TPSA) is 124 Å². The largest absolute Gasteiger partial charge is 0.414 e. The van der Waals surface area contributed by atoms with Crippen LogP contribution in [-0.2, 0) is 42.3 Å². The number of alkyl halides is 5. The second-order valence-corrected chi connectivity index (χ2v) is 9.19. The molecular weight excluding hydrogens is 565 g/mol. The normalized spacial score (nSPS) is 12.2. The van der Waals surface area contributed by atoms with Gasteiger partial charge in [-0.1, -0.05) is 15.9 Å². The molecule has 0 bridgehead atoms. The SMILES string of the molecule is Cn1c(=O)c2c(ncn2C)n(C)c1=O.Cn1c(=O)c2c(ncn2C)n(C)c1=O.FC(F)(F)C(Cl)Br. The lowest BCUT2D eigenvalue weighted by Crippen LogP contribution is -2.37. The maximum Gasteiger partial charge on any atom is 0.414 e. The summed E-state index contributed by atoms with van der Waals surface area (Å²) in [5.41, 5.74) is 0.360. The number of hydrogen-bond donors (Lipinski definition) is 0. The van der Waals surface area contributed by atoms with Crippen molar-refractivity contribution in [3.8, 4) is 0 Å². The van der Waals surface area contributed by atoms with Crippen LogP contribution in [0, 0.1) is 0 Å². The number of fused-ring (bicyclic) bond motifs is 2. The van der Waals surface area contributed by atoms with Crippen molar-refractivity contribution < 1.29 is 13.2 Å². The Labute approximate surface area is 207 Å². The fourth-order valence-corrected chi connectivity index (χ4v) is 2.94. The van der Waals surface area contributed by atoms with Crippen molar-refractivity contribution in [1.29, 1.82) is 0 Å². The zero-order chi connectivity index (χ0) is 27.0. The van der Waals surface area contributed by atoms with Gasteiger partial charge in [-0.2, -0.15) is 13.2 Å². The van der Waals surface area contributed by atoms with Gasteiger partial charge in [-0.25, -0.2) is 19.6 Å². The maximum absolute atomic E-state index is 11.7. The summed E-state index contributed by atoms with van der Waals surface area (Å²) in [5, 5.41) is 0. The van der Waals surface area contributed by atoms with E-state index in [2.05, 4.69) is 37.5 Å². The van der Waals surface area contributed by atoms with Crippen LogP contribution < -0.4 is 22.5 Å². The summed E-state index contributed by atoms with van der Waals surface area (Å²) in [6, 6.07) is 0. The highest BCUT2D eigenvalue weighted by Crippen LogP contribution is 2.28. The molecule has 0 spiro atoms. The van der Waals surface area contributed by atoms with Crippen molar-refractivity contribution in [2.75, 3.05) is 0 Å². The minimum atomic E-state index is -4.32. The number of aryl methyl sites for hydroxylation is 4. The van der Waals surface area contributed by atoms with Gasteiger partial charge in [-0.15, -0.1) is 11.6 Å². The maximum atomic E-state index is 11.7. The highest BCUT2D eigenvalue weighted by molar-refractivity contribution is 9.10. The Morgan fingerprint density at radius 3 is 1.29 bits per heavy atom. The fourth-order valence-electron chi connectivity index (χ4n) is 2.94. The molecule has 4 aromatic rings. The van der Waals surface area contributed by atoms with Gasteiger partial charge in [0.05, 0.1) is 12.7 Å². The molecule has 35 heavy (non-hydrogen) atoms. The molecule has 192 valence electrons. The molecule has 0 N–H and O–H groups in total. The first-order valence-electron chi connectivity index (χ1n) is 9.51. The summed E-state index contributed by atoms with van der Waals surface area (Å²) in [6.45, 7) is 0. The van der Waals surface area contributed by atoms with Crippen molar-refractivity contribution in [1.82, 2.24) is 37.4 Å². The van der Waals surface area contributed by atoms with Crippen molar-refractivity contribution in [3.05, 3.63) is 54.3 Å². The van der Waals surface area contributed by atoms with Crippen LogP contribution in [0.25, 0.3) is 22.3 Å². The van der Waals surface area contributed by atoms with Crippen LogP contribution in [0.4, 0.5) is 13.2 Å². The van der Waals surface area contributed by atoms with Crippen LogP contribution in [0.5, 0.6) is 0 Å². The monoisotopic (exact) mass is 584 g/mol. The molecule has 0 amide bonds. The lowest BCUT2D eigenvalue weighted by atomic mass is 10.5. The summed E-state index contributed by atoms with van der Waals surface area (Å²) in [6.07, 6.45) is -1.28. The third-order valence-corrected chi connectivity index (χ3v) is 5.65. The first kappa shape index (κ1) is 28.1. The van der Waals surface area contributed by atoms with Crippen LogP contribution in [0.2, 0.25) is 0 Å². The van der Waals surface area contributed by atoms with Crippen LogP contribution in [-0.4, -0.2) is 47.8 Å². The van der Waals surface area contributed by atoms with E-state index in [1.807, 2.05) is 0 Å². The Morgan fingerprint density at radius 1 is 0.743 bits per heavy atom. The van der Waals surface area contributed by atoms with Gasteiger partial charge >= 0.3 is 17.6 Å².